The standard InChI is InChI=1S/C17H16N2O4S/c1-18(13-7-3-2-4-8-13)24(22,23)12-11-19-16(20)14-9-5-6-10-15(14)17(19)21/h2-10H,11-12H2,1H3. The predicted molar refractivity (Wildman–Crippen MR) is 90.4 cm³/mol. The zero-order valence-electron chi connectivity index (χ0n) is 13.0. The number of carbonyl (C=O) groups is 2. The van der Waals surface area contributed by atoms with Crippen LogP contribution in [0.25, 0.3) is 0 Å². The Morgan fingerprint density at radius 1 is 0.875 bits per heavy atom. The lowest BCUT2D eigenvalue weighted by Crippen LogP contribution is -2.38. The summed E-state index contributed by atoms with van der Waals surface area (Å²) in [6.07, 6.45) is 0. The van der Waals surface area contributed by atoms with Gasteiger partial charge in [-0.25, -0.2) is 8.42 Å². The van der Waals surface area contributed by atoms with Crippen LogP contribution in [0.3, 0.4) is 0 Å². The van der Waals surface area contributed by atoms with Crippen LogP contribution in [0.2, 0.25) is 0 Å². The van der Waals surface area contributed by atoms with E-state index < -0.39 is 21.8 Å². The van der Waals surface area contributed by atoms with Crippen molar-refractivity contribution in [2.24, 2.45) is 0 Å². The Morgan fingerprint density at radius 2 is 1.38 bits per heavy atom. The maximum Gasteiger partial charge on any atom is 0.261 e. The van der Waals surface area contributed by atoms with E-state index in [1.807, 2.05) is 0 Å². The van der Waals surface area contributed by atoms with Crippen molar-refractivity contribution in [1.82, 2.24) is 4.90 Å². The summed E-state index contributed by atoms with van der Waals surface area (Å²) in [5.41, 5.74) is 1.16. The molecule has 24 heavy (non-hydrogen) atoms. The van der Waals surface area contributed by atoms with Gasteiger partial charge in [-0.15, -0.1) is 0 Å². The molecule has 0 atom stereocenters. The fourth-order valence-electron chi connectivity index (χ4n) is 2.58. The van der Waals surface area contributed by atoms with Crippen LogP contribution in [-0.2, 0) is 10.0 Å². The van der Waals surface area contributed by atoms with Crippen LogP contribution in [-0.4, -0.2) is 44.5 Å². The smallest absolute Gasteiger partial charge is 0.261 e. The largest absolute Gasteiger partial charge is 0.273 e. The van der Waals surface area contributed by atoms with E-state index >= 15 is 0 Å². The van der Waals surface area contributed by atoms with Gasteiger partial charge < -0.3 is 0 Å². The maximum absolute atomic E-state index is 12.5. The fourth-order valence-corrected chi connectivity index (χ4v) is 3.71. The van der Waals surface area contributed by atoms with Gasteiger partial charge >= 0.3 is 0 Å². The van der Waals surface area contributed by atoms with Crippen molar-refractivity contribution >= 4 is 27.5 Å². The molecule has 1 aliphatic rings. The molecule has 0 saturated heterocycles. The third kappa shape index (κ3) is 2.78. The summed E-state index contributed by atoms with van der Waals surface area (Å²) < 4.78 is 26.1. The van der Waals surface area contributed by atoms with Gasteiger partial charge in [-0.3, -0.25) is 18.8 Å². The Morgan fingerprint density at radius 3 is 1.92 bits per heavy atom. The van der Waals surface area contributed by atoms with Gasteiger partial charge in [-0.2, -0.15) is 0 Å². The van der Waals surface area contributed by atoms with Gasteiger partial charge in [-0.05, 0) is 24.3 Å². The molecule has 1 aliphatic heterocycles. The molecule has 6 nitrogen and oxygen atoms in total. The van der Waals surface area contributed by atoms with Crippen LogP contribution in [0.15, 0.2) is 54.6 Å². The number of hydrogen-bond acceptors (Lipinski definition) is 4. The molecule has 0 aromatic heterocycles. The van der Waals surface area contributed by atoms with Crippen LogP contribution in [0.1, 0.15) is 20.7 Å². The molecular formula is C17H16N2O4S. The second-order valence-corrected chi connectivity index (χ2v) is 7.55. The number of carbonyl (C=O) groups excluding carboxylic acids is 2. The summed E-state index contributed by atoms with van der Waals surface area (Å²) in [4.78, 5) is 25.5. The number of hydrogen-bond donors (Lipinski definition) is 0. The van der Waals surface area contributed by atoms with E-state index in [-0.39, 0.29) is 12.3 Å². The van der Waals surface area contributed by atoms with Gasteiger partial charge in [0.2, 0.25) is 10.0 Å². The molecule has 7 heteroatoms. The topological polar surface area (TPSA) is 74.8 Å². The van der Waals surface area contributed by atoms with Gasteiger partial charge in [0.1, 0.15) is 0 Å². The minimum absolute atomic E-state index is 0.175. The summed E-state index contributed by atoms with van der Waals surface area (Å²) in [7, 11) is -2.20. The highest BCUT2D eigenvalue weighted by Crippen LogP contribution is 2.23. The monoisotopic (exact) mass is 344 g/mol. The van der Waals surface area contributed by atoms with E-state index in [9.17, 15) is 18.0 Å². The molecule has 2 amide bonds. The first-order chi connectivity index (χ1) is 11.4. The summed E-state index contributed by atoms with van der Waals surface area (Å²) >= 11 is 0. The molecular weight excluding hydrogens is 328 g/mol. The maximum atomic E-state index is 12.5. The molecule has 0 N–H and O–H groups in total. The van der Waals surface area contributed by atoms with Gasteiger partial charge in [-0.1, -0.05) is 30.3 Å². The van der Waals surface area contributed by atoms with Crippen LogP contribution in [0.4, 0.5) is 5.69 Å². The lowest BCUT2D eigenvalue weighted by molar-refractivity contribution is 0.0664. The van der Waals surface area contributed by atoms with Crippen molar-refractivity contribution in [3.8, 4) is 0 Å². The molecule has 0 unspecified atom stereocenters. The van der Waals surface area contributed by atoms with E-state index in [4.69, 9.17) is 0 Å². The van der Waals surface area contributed by atoms with E-state index in [1.54, 1.807) is 54.6 Å². The van der Waals surface area contributed by atoms with Crippen LogP contribution >= 0.6 is 0 Å². The highest BCUT2D eigenvalue weighted by atomic mass is 32.2. The number of nitrogens with zero attached hydrogens (tertiary/aromatic N) is 2. The Balaban J connectivity index is 1.74. The third-order valence-electron chi connectivity index (χ3n) is 3.99. The van der Waals surface area contributed by atoms with Crippen molar-refractivity contribution < 1.29 is 18.0 Å². The Bertz CT molecular complexity index is 859. The van der Waals surface area contributed by atoms with Crippen molar-refractivity contribution in [2.45, 2.75) is 0 Å². The number of fused-ring (bicyclic) bond motifs is 1. The number of anilines is 1. The number of amides is 2. The summed E-state index contributed by atoms with van der Waals surface area (Å²) in [6.45, 7) is -0.175. The quantitative estimate of drug-likeness (QED) is 0.775. The number of imide groups is 1. The van der Waals surface area contributed by atoms with Crippen LogP contribution in [0.5, 0.6) is 0 Å². The van der Waals surface area contributed by atoms with E-state index in [0.29, 0.717) is 16.8 Å². The highest BCUT2D eigenvalue weighted by molar-refractivity contribution is 7.92. The highest BCUT2D eigenvalue weighted by Gasteiger charge is 2.36. The van der Waals surface area contributed by atoms with Crippen LogP contribution in [0, 0.1) is 0 Å². The molecule has 1 heterocycles. The lowest BCUT2D eigenvalue weighted by atomic mass is 10.1. The first-order valence-electron chi connectivity index (χ1n) is 7.39. The molecule has 0 fully saturated rings. The Labute approximate surface area is 140 Å². The van der Waals surface area contributed by atoms with E-state index in [0.717, 1.165) is 9.21 Å². The predicted octanol–water partition coefficient (Wildman–Crippen LogP) is 1.75. The summed E-state index contributed by atoms with van der Waals surface area (Å²) in [6, 6.07) is 15.1. The van der Waals surface area contributed by atoms with Gasteiger partial charge in [0, 0.05) is 13.6 Å². The molecule has 2 aromatic rings. The Hall–Kier alpha value is -2.67. The van der Waals surface area contributed by atoms with Crippen molar-refractivity contribution in [1.29, 1.82) is 0 Å². The van der Waals surface area contributed by atoms with E-state index in [1.165, 1.54) is 7.05 Å². The second-order valence-electron chi connectivity index (χ2n) is 5.43. The minimum atomic E-state index is -3.65. The molecule has 3 rings (SSSR count). The second kappa shape index (κ2) is 6.09. The SMILES string of the molecule is CN(c1ccccc1)S(=O)(=O)CCN1C(=O)c2ccccc2C1=O. The Kier molecular flexibility index (Phi) is 4.11. The normalized spacial score (nSPS) is 14.0. The average molecular weight is 344 g/mol. The number of rotatable bonds is 5. The molecule has 0 bridgehead atoms. The first kappa shape index (κ1) is 16.2. The minimum Gasteiger partial charge on any atom is -0.273 e. The zero-order valence-corrected chi connectivity index (χ0v) is 13.9. The van der Waals surface area contributed by atoms with Crippen LogP contribution < -0.4 is 4.31 Å². The molecule has 2 aromatic carbocycles. The first-order valence-corrected chi connectivity index (χ1v) is 8.99. The summed E-state index contributed by atoms with van der Waals surface area (Å²) in [5, 5.41) is 0. The van der Waals surface area contributed by atoms with Crippen molar-refractivity contribution in [2.75, 3.05) is 23.7 Å². The van der Waals surface area contributed by atoms with E-state index in [2.05, 4.69) is 0 Å². The number of sulfonamides is 1. The zero-order chi connectivity index (χ0) is 17.3. The molecule has 0 aliphatic carbocycles. The fraction of sp³-hybridized carbons (Fsp3) is 0.176. The molecule has 124 valence electrons. The number of benzene rings is 2. The summed E-state index contributed by atoms with van der Waals surface area (Å²) in [5.74, 6) is -1.23. The lowest BCUT2D eigenvalue weighted by Gasteiger charge is -2.21. The average Bonchev–Trinajstić information content (AvgIpc) is 2.84. The third-order valence-corrected chi connectivity index (χ3v) is 5.73. The number of para-hydroxylation sites is 1. The van der Waals surface area contributed by atoms with Crippen molar-refractivity contribution in [3.05, 3.63) is 65.7 Å². The van der Waals surface area contributed by atoms with Gasteiger partial charge in [0.05, 0.1) is 22.6 Å². The van der Waals surface area contributed by atoms with Gasteiger partial charge in [0.25, 0.3) is 11.8 Å². The molecule has 0 saturated carbocycles. The van der Waals surface area contributed by atoms with Crippen molar-refractivity contribution in [3.63, 3.8) is 0 Å². The molecule has 0 radical (unpaired) electrons. The van der Waals surface area contributed by atoms with Gasteiger partial charge in [0.15, 0.2) is 0 Å². The molecule has 0 spiro atoms.